The molecule has 0 saturated heterocycles. The van der Waals surface area contributed by atoms with Gasteiger partial charge in [-0.2, -0.15) is 6.07 Å². The summed E-state index contributed by atoms with van der Waals surface area (Å²) in [4.78, 5) is 0. The van der Waals surface area contributed by atoms with Crippen LogP contribution in [-0.2, 0) is 32.3 Å². The minimum Gasteiger partial charge on any atom is -0.165 e. The summed E-state index contributed by atoms with van der Waals surface area (Å²) in [5.74, 6) is 0. The number of rotatable bonds is 1. The largest absolute Gasteiger partial charge is 0.165 e. The molecule has 0 aliphatic rings. The minimum atomic E-state index is 0. The molecule has 2 aromatic rings. The number of fused-ring (bicyclic) bond motifs is 1. The third kappa shape index (κ3) is 1.96. The van der Waals surface area contributed by atoms with E-state index in [4.69, 9.17) is 0 Å². The zero-order valence-electron chi connectivity index (χ0n) is 8.09. The van der Waals surface area contributed by atoms with Gasteiger partial charge in [0.2, 0.25) is 0 Å². The monoisotopic (exact) mass is 337 g/mol. The van der Waals surface area contributed by atoms with Crippen molar-refractivity contribution >= 4 is 10.8 Å². The predicted octanol–water partition coefficient (Wildman–Crippen LogP) is 3.43. The molecular formula is C12H13Hf-. The van der Waals surface area contributed by atoms with Gasteiger partial charge in [0.15, 0.2) is 0 Å². The van der Waals surface area contributed by atoms with Gasteiger partial charge in [0.05, 0.1) is 0 Å². The Morgan fingerprint density at radius 2 is 2.08 bits per heavy atom. The van der Waals surface area contributed by atoms with Crippen LogP contribution in [0.3, 0.4) is 0 Å². The van der Waals surface area contributed by atoms with Crippen molar-refractivity contribution in [1.82, 2.24) is 0 Å². The van der Waals surface area contributed by atoms with Crippen molar-refractivity contribution in [1.29, 1.82) is 0 Å². The molecule has 0 atom stereocenters. The molecule has 0 heterocycles. The molecule has 0 nitrogen and oxygen atoms in total. The summed E-state index contributed by atoms with van der Waals surface area (Å²) in [6, 6.07) is 11.0. The van der Waals surface area contributed by atoms with Gasteiger partial charge in [0.25, 0.3) is 0 Å². The average Bonchev–Trinajstić information content (AvgIpc) is 2.49. The molecule has 0 aliphatic carbocycles. The van der Waals surface area contributed by atoms with Gasteiger partial charge < -0.3 is 0 Å². The van der Waals surface area contributed by atoms with Crippen LogP contribution in [0.4, 0.5) is 0 Å². The first-order valence-corrected chi connectivity index (χ1v) is 4.46. The van der Waals surface area contributed by atoms with E-state index in [2.05, 4.69) is 44.2 Å². The number of hydrogen-bond donors (Lipinski definition) is 0. The first-order valence-electron chi connectivity index (χ1n) is 4.46. The standard InChI is InChI=1S/C12H13.Hf/c1-3-10-7-11-6-4-5-9(2)12(11)8-10;/h4-8H,3H2,1-2H3;/q-1;. The second-order valence-electron chi connectivity index (χ2n) is 3.29. The van der Waals surface area contributed by atoms with Crippen molar-refractivity contribution in [2.75, 3.05) is 0 Å². The van der Waals surface area contributed by atoms with Crippen LogP contribution < -0.4 is 0 Å². The van der Waals surface area contributed by atoms with Gasteiger partial charge in [-0.15, -0.1) is 34.5 Å². The molecule has 0 N–H and O–H groups in total. The van der Waals surface area contributed by atoms with Crippen molar-refractivity contribution < 1.29 is 25.8 Å². The second-order valence-corrected chi connectivity index (χ2v) is 3.29. The first-order chi connectivity index (χ1) is 5.81. The maximum absolute atomic E-state index is 2.30. The van der Waals surface area contributed by atoms with E-state index in [0.29, 0.717) is 0 Å². The predicted molar refractivity (Wildman–Crippen MR) is 53.7 cm³/mol. The van der Waals surface area contributed by atoms with Crippen molar-refractivity contribution in [3.05, 3.63) is 41.5 Å². The number of hydrogen-bond acceptors (Lipinski definition) is 0. The summed E-state index contributed by atoms with van der Waals surface area (Å²) in [5.41, 5.74) is 2.83. The van der Waals surface area contributed by atoms with Crippen LogP contribution in [-0.4, -0.2) is 0 Å². The van der Waals surface area contributed by atoms with Gasteiger partial charge in [0, 0.05) is 25.8 Å². The zero-order chi connectivity index (χ0) is 8.55. The van der Waals surface area contributed by atoms with Crippen LogP contribution in [0, 0.1) is 6.92 Å². The Hall–Kier alpha value is -0.300. The molecule has 0 spiro atoms. The average molecular weight is 336 g/mol. The summed E-state index contributed by atoms with van der Waals surface area (Å²) in [6.07, 6.45) is 1.13. The van der Waals surface area contributed by atoms with Crippen molar-refractivity contribution in [2.45, 2.75) is 20.3 Å². The zero-order valence-corrected chi connectivity index (χ0v) is 11.7. The summed E-state index contributed by atoms with van der Waals surface area (Å²) in [6.45, 7) is 4.37. The Balaban J connectivity index is 0.000000845. The Kier molecular flexibility index (Phi) is 3.55. The smallest absolute Gasteiger partial charge is 0 e. The van der Waals surface area contributed by atoms with Gasteiger partial charge in [-0.3, -0.25) is 0 Å². The van der Waals surface area contributed by atoms with Crippen LogP contribution in [0.15, 0.2) is 30.3 Å². The molecule has 2 aromatic carbocycles. The SMILES string of the molecule is CCc1cc2c(C)cccc2[cH-]1.[Hf]. The summed E-state index contributed by atoms with van der Waals surface area (Å²) in [7, 11) is 0. The summed E-state index contributed by atoms with van der Waals surface area (Å²) in [5, 5.41) is 2.79. The molecule has 0 amide bonds. The molecule has 2 rings (SSSR count). The molecule has 0 saturated carbocycles. The van der Waals surface area contributed by atoms with E-state index in [1.54, 1.807) is 0 Å². The summed E-state index contributed by atoms with van der Waals surface area (Å²) < 4.78 is 0. The Morgan fingerprint density at radius 3 is 2.69 bits per heavy atom. The molecule has 1 heteroatoms. The molecule has 0 aromatic heterocycles. The molecule has 66 valence electrons. The van der Waals surface area contributed by atoms with Crippen molar-refractivity contribution in [3.8, 4) is 0 Å². The van der Waals surface area contributed by atoms with E-state index in [9.17, 15) is 0 Å². The topological polar surface area (TPSA) is 0 Å². The molecule has 13 heavy (non-hydrogen) atoms. The van der Waals surface area contributed by atoms with E-state index in [1.807, 2.05) is 0 Å². The fraction of sp³-hybridized carbons (Fsp3) is 0.250. The normalized spacial score (nSPS) is 10.0. The van der Waals surface area contributed by atoms with E-state index in [-0.39, 0.29) is 25.8 Å². The third-order valence-electron chi connectivity index (χ3n) is 2.44. The molecule has 0 fully saturated rings. The van der Waals surface area contributed by atoms with E-state index in [0.717, 1.165) is 6.42 Å². The maximum atomic E-state index is 2.30. The van der Waals surface area contributed by atoms with E-state index < -0.39 is 0 Å². The quantitative estimate of drug-likeness (QED) is 0.553. The van der Waals surface area contributed by atoms with Gasteiger partial charge in [-0.1, -0.05) is 18.6 Å². The van der Waals surface area contributed by atoms with E-state index >= 15 is 0 Å². The fourth-order valence-electron chi connectivity index (χ4n) is 1.66. The molecule has 0 unspecified atom stereocenters. The first kappa shape index (κ1) is 10.8. The van der Waals surface area contributed by atoms with Crippen LogP contribution >= 0.6 is 0 Å². The molecular weight excluding hydrogens is 323 g/mol. The van der Waals surface area contributed by atoms with Crippen LogP contribution in [0.1, 0.15) is 18.1 Å². The summed E-state index contributed by atoms with van der Waals surface area (Å²) >= 11 is 0. The van der Waals surface area contributed by atoms with Crippen LogP contribution in [0.5, 0.6) is 0 Å². The molecule has 0 radical (unpaired) electrons. The van der Waals surface area contributed by atoms with Crippen molar-refractivity contribution in [3.63, 3.8) is 0 Å². The Labute approximate surface area is 98.1 Å². The van der Waals surface area contributed by atoms with Crippen molar-refractivity contribution in [2.24, 2.45) is 0 Å². The third-order valence-corrected chi connectivity index (χ3v) is 2.44. The maximum Gasteiger partial charge on any atom is 0 e. The fourth-order valence-corrected chi connectivity index (χ4v) is 1.66. The van der Waals surface area contributed by atoms with Gasteiger partial charge >= 0.3 is 0 Å². The van der Waals surface area contributed by atoms with Crippen LogP contribution in [0.2, 0.25) is 0 Å². The Bertz CT molecular complexity index is 398. The number of benzene rings is 1. The molecule has 0 aliphatic heterocycles. The second kappa shape index (κ2) is 4.28. The van der Waals surface area contributed by atoms with Gasteiger partial charge in [0.1, 0.15) is 0 Å². The van der Waals surface area contributed by atoms with E-state index in [1.165, 1.54) is 21.9 Å². The Morgan fingerprint density at radius 1 is 1.31 bits per heavy atom. The van der Waals surface area contributed by atoms with Crippen LogP contribution in [0.25, 0.3) is 10.8 Å². The molecule has 0 bridgehead atoms. The number of aryl methyl sites for hydroxylation is 2. The van der Waals surface area contributed by atoms with Gasteiger partial charge in [-0.05, 0) is 13.3 Å². The minimum absolute atomic E-state index is 0. The van der Waals surface area contributed by atoms with Gasteiger partial charge in [-0.25, -0.2) is 0 Å².